The number of ether oxygens (including phenoxy) is 3. The van der Waals surface area contributed by atoms with Gasteiger partial charge in [0.15, 0.2) is 16.3 Å². The van der Waals surface area contributed by atoms with Gasteiger partial charge in [-0.15, -0.1) is 0 Å². The molecule has 0 N–H and O–H groups in total. The maximum Gasteiger partial charge on any atom is 0.338 e. The fourth-order valence-electron chi connectivity index (χ4n) is 4.83. The van der Waals surface area contributed by atoms with Crippen LogP contribution in [0, 0.1) is 5.92 Å². The summed E-state index contributed by atoms with van der Waals surface area (Å²) in [6.07, 6.45) is 1.84. The third-order valence-electron chi connectivity index (χ3n) is 6.87. The summed E-state index contributed by atoms with van der Waals surface area (Å²) in [7, 11) is 1.46. The third kappa shape index (κ3) is 6.49. The van der Waals surface area contributed by atoms with Crippen molar-refractivity contribution in [3.05, 3.63) is 84.5 Å². The number of hydrogen-bond acceptors (Lipinski definition) is 9. The molecule has 1 aliphatic rings. The van der Waals surface area contributed by atoms with E-state index in [2.05, 4.69) is 23.7 Å². The Labute approximate surface area is 249 Å². The van der Waals surface area contributed by atoms with E-state index in [0.717, 1.165) is 24.3 Å². The van der Waals surface area contributed by atoms with Crippen molar-refractivity contribution in [1.29, 1.82) is 0 Å². The topological polar surface area (TPSA) is 99.4 Å². The fourth-order valence-corrected chi connectivity index (χ4v) is 5.88. The normalized spacial score (nSPS) is 14.9. The molecule has 2 aromatic carbocycles. The Balaban J connectivity index is 1.87. The minimum Gasteiger partial charge on any atom is -0.493 e. The Kier molecular flexibility index (Phi) is 9.67. The number of nitrogens with zero attached hydrogens (tertiary/aromatic N) is 3. The summed E-state index contributed by atoms with van der Waals surface area (Å²) in [5.74, 6) is -0.376. The number of thiazole rings is 1. The number of aromatic nitrogens is 1. The number of fused-ring (bicyclic) bond motifs is 1. The SMILES string of the molecule is CCN(CC)c1ccc(/C=c2/sc3n(c2=O)C(c2ccc(OC(C)=O)c(OC)c2)C(C(=O)OCC(C)C)=C(C)N=3)cc1. The van der Waals surface area contributed by atoms with Crippen LogP contribution >= 0.6 is 11.3 Å². The minimum atomic E-state index is -0.826. The molecular weight excluding hydrogens is 554 g/mol. The largest absolute Gasteiger partial charge is 0.493 e. The Morgan fingerprint density at radius 2 is 1.79 bits per heavy atom. The van der Waals surface area contributed by atoms with Crippen LogP contribution in [0.2, 0.25) is 0 Å². The van der Waals surface area contributed by atoms with Crippen molar-refractivity contribution in [1.82, 2.24) is 4.57 Å². The molecule has 1 aliphatic heterocycles. The van der Waals surface area contributed by atoms with E-state index in [0.29, 0.717) is 26.3 Å². The third-order valence-corrected chi connectivity index (χ3v) is 7.85. The molecule has 10 heteroatoms. The van der Waals surface area contributed by atoms with Gasteiger partial charge in [-0.25, -0.2) is 9.79 Å². The fraction of sp³-hybridized carbons (Fsp3) is 0.375. The lowest BCUT2D eigenvalue weighted by molar-refractivity contribution is -0.140. The molecule has 2 heterocycles. The van der Waals surface area contributed by atoms with E-state index in [1.165, 1.54) is 29.9 Å². The molecule has 3 aromatic rings. The maximum atomic E-state index is 14.0. The van der Waals surface area contributed by atoms with Gasteiger partial charge in [0.25, 0.3) is 5.56 Å². The van der Waals surface area contributed by atoms with Crippen molar-refractivity contribution < 1.29 is 23.8 Å². The minimum absolute atomic E-state index is 0.130. The van der Waals surface area contributed by atoms with Gasteiger partial charge < -0.3 is 19.1 Å². The van der Waals surface area contributed by atoms with Gasteiger partial charge >= 0.3 is 11.9 Å². The first-order valence-electron chi connectivity index (χ1n) is 14.0. The monoisotopic (exact) mass is 591 g/mol. The smallest absolute Gasteiger partial charge is 0.338 e. The Bertz CT molecular complexity index is 1680. The Morgan fingerprint density at radius 1 is 1.10 bits per heavy atom. The van der Waals surface area contributed by atoms with Crippen LogP contribution in [-0.2, 0) is 14.3 Å². The summed E-state index contributed by atoms with van der Waals surface area (Å²) in [5.41, 5.74) is 3.04. The Morgan fingerprint density at radius 3 is 2.38 bits per heavy atom. The molecule has 0 saturated heterocycles. The zero-order chi connectivity index (χ0) is 30.6. The molecule has 1 atom stereocenters. The number of rotatable bonds is 10. The summed E-state index contributed by atoms with van der Waals surface area (Å²) >= 11 is 1.26. The lowest BCUT2D eigenvalue weighted by atomic mass is 9.95. The van der Waals surface area contributed by atoms with Gasteiger partial charge in [-0.3, -0.25) is 14.2 Å². The standard InChI is InChI=1S/C32H37N3O6S/c1-8-34(9-2)24-13-10-22(11-14-24)16-27-30(37)35-29(23-12-15-25(41-21(6)36)26(17-23)39-7)28(20(5)33-32(35)42-27)31(38)40-18-19(3)4/h10-17,19,29H,8-9,18H2,1-7H3/b27-16+. The average molecular weight is 592 g/mol. The molecule has 0 bridgehead atoms. The zero-order valence-corrected chi connectivity index (χ0v) is 25.9. The first-order chi connectivity index (χ1) is 20.1. The molecule has 4 rings (SSSR count). The van der Waals surface area contributed by atoms with Crippen LogP contribution in [0.15, 0.2) is 63.5 Å². The van der Waals surface area contributed by atoms with Gasteiger partial charge in [-0.05, 0) is 68.2 Å². The van der Waals surface area contributed by atoms with Gasteiger partial charge in [-0.1, -0.05) is 43.4 Å². The average Bonchev–Trinajstić information content (AvgIpc) is 3.26. The molecule has 0 radical (unpaired) electrons. The number of methoxy groups -OCH3 is 1. The number of carbonyl (C=O) groups excluding carboxylic acids is 2. The molecule has 42 heavy (non-hydrogen) atoms. The molecule has 0 amide bonds. The molecule has 0 fully saturated rings. The van der Waals surface area contributed by atoms with Crippen molar-refractivity contribution >= 4 is 35.0 Å². The highest BCUT2D eigenvalue weighted by atomic mass is 32.1. The number of esters is 2. The lowest BCUT2D eigenvalue weighted by Crippen LogP contribution is -2.40. The maximum absolute atomic E-state index is 14.0. The van der Waals surface area contributed by atoms with E-state index < -0.39 is 18.0 Å². The van der Waals surface area contributed by atoms with Crippen LogP contribution < -0.4 is 29.3 Å². The molecule has 1 aromatic heterocycles. The van der Waals surface area contributed by atoms with E-state index in [1.54, 1.807) is 25.1 Å². The van der Waals surface area contributed by atoms with E-state index in [4.69, 9.17) is 14.2 Å². The van der Waals surface area contributed by atoms with E-state index in [1.807, 2.05) is 44.2 Å². The number of hydrogen-bond donors (Lipinski definition) is 0. The predicted molar refractivity (Wildman–Crippen MR) is 164 cm³/mol. The first-order valence-corrected chi connectivity index (χ1v) is 14.8. The van der Waals surface area contributed by atoms with Gasteiger partial charge in [0, 0.05) is 25.7 Å². The van der Waals surface area contributed by atoms with Gasteiger partial charge in [0.2, 0.25) is 0 Å². The molecule has 0 spiro atoms. The van der Waals surface area contributed by atoms with Crippen LogP contribution in [0.4, 0.5) is 5.69 Å². The van der Waals surface area contributed by atoms with Gasteiger partial charge in [0.1, 0.15) is 0 Å². The molecule has 1 unspecified atom stereocenters. The number of allylic oxidation sites excluding steroid dienone is 1. The van der Waals surface area contributed by atoms with Crippen LogP contribution in [0.1, 0.15) is 58.7 Å². The first kappa shape index (κ1) is 30.8. The Hall–Kier alpha value is -4.18. The summed E-state index contributed by atoms with van der Waals surface area (Å²) in [4.78, 5) is 46.4. The molecule has 0 saturated carbocycles. The zero-order valence-electron chi connectivity index (χ0n) is 25.1. The summed E-state index contributed by atoms with van der Waals surface area (Å²) in [6, 6.07) is 12.2. The van der Waals surface area contributed by atoms with Gasteiger partial charge in [-0.2, -0.15) is 0 Å². The van der Waals surface area contributed by atoms with Crippen LogP contribution in [0.5, 0.6) is 11.5 Å². The van der Waals surface area contributed by atoms with Crippen molar-refractivity contribution in [2.75, 3.05) is 31.7 Å². The van der Waals surface area contributed by atoms with Crippen molar-refractivity contribution in [2.24, 2.45) is 10.9 Å². The number of anilines is 1. The molecular formula is C32H37N3O6S. The predicted octanol–water partition coefficient (Wildman–Crippen LogP) is 4.21. The quantitative estimate of drug-likeness (QED) is 0.257. The molecule has 222 valence electrons. The van der Waals surface area contributed by atoms with Crippen LogP contribution in [0.25, 0.3) is 6.08 Å². The van der Waals surface area contributed by atoms with Crippen molar-refractivity contribution in [3.63, 3.8) is 0 Å². The van der Waals surface area contributed by atoms with Gasteiger partial charge in [0.05, 0.1) is 35.6 Å². The summed E-state index contributed by atoms with van der Waals surface area (Å²) in [6.45, 7) is 13.2. The highest BCUT2D eigenvalue weighted by Crippen LogP contribution is 2.36. The summed E-state index contributed by atoms with van der Waals surface area (Å²) in [5, 5.41) is 0. The number of benzene rings is 2. The second-order valence-corrected chi connectivity index (χ2v) is 11.4. The van der Waals surface area contributed by atoms with Crippen LogP contribution in [0.3, 0.4) is 0 Å². The van der Waals surface area contributed by atoms with E-state index in [-0.39, 0.29) is 29.4 Å². The highest BCUT2D eigenvalue weighted by Gasteiger charge is 2.34. The van der Waals surface area contributed by atoms with Crippen LogP contribution in [-0.4, -0.2) is 43.3 Å². The van der Waals surface area contributed by atoms with Crippen molar-refractivity contribution in [3.8, 4) is 11.5 Å². The van der Waals surface area contributed by atoms with E-state index >= 15 is 0 Å². The molecule has 9 nitrogen and oxygen atoms in total. The summed E-state index contributed by atoms with van der Waals surface area (Å²) < 4.78 is 18.4. The van der Waals surface area contributed by atoms with E-state index in [9.17, 15) is 14.4 Å². The molecule has 0 aliphatic carbocycles. The highest BCUT2D eigenvalue weighted by molar-refractivity contribution is 7.07. The lowest BCUT2D eigenvalue weighted by Gasteiger charge is -2.25. The van der Waals surface area contributed by atoms with Crippen molar-refractivity contribution in [2.45, 2.75) is 47.6 Å². The number of carbonyl (C=O) groups is 2. The second kappa shape index (κ2) is 13.2. The second-order valence-electron chi connectivity index (χ2n) is 10.3.